The Morgan fingerprint density at radius 1 is 1.15 bits per heavy atom. The molecule has 0 fully saturated rings. The quantitative estimate of drug-likeness (QED) is 0.196. The SMILES string of the molecule is CC(=O)Nc1ccc(C=NNC(=O)c2nnn(-c3nonc3N)c2CSc2ccccc2)cc1. The minimum atomic E-state index is -0.559. The summed E-state index contributed by atoms with van der Waals surface area (Å²) < 4.78 is 5.98. The number of carbonyl (C=O) groups excluding carboxylic acids is 2. The predicted octanol–water partition coefficient (Wildman–Crippen LogP) is 2.25. The molecule has 0 aliphatic heterocycles. The van der Waals surface area contributed by atoms with E-state index in [1.165, 1.54) is 29.6 Å². The highest BCUT2D eigenvalue weighted by Gasteiger charge is 2.24. The summed E-state index contributed by atoms with van der Waals surface area (Å²) in [5, 5.41) is 22.0. The molecule has 2 amide bonds. The highest BCUT2D eigenvalue weighted by atomic mass is 32.2. The Hall–Kier alpha value is -4.52. The number of aromatic nitrogens is 5. The van der Waals surface area contributed by atoms with E-state index in [4.69, 9.17) is 5.73 Å². The Balaban J connectivity index is 1.51. The van der Waals surface area contributed by atoms with Crippen LogP contribution in [0.4, 0.5) is 11.5 Å². The fourth-order valence-electron chi connectivity index (χ4n) is 2.86. The molecule has 2 aromatic carbocycles. The first-order valence-electron chi connectivity index (χ1n) is 9.93. The third-order valence-electron chi connectivity index (χ3n) is 4.40. The van der Waals surface area contributed by atoms with Gasteiger partial charge in [0.15, 0.2) is 5.69 Å². The number of amides is 2. The molecule has 0 aliphatic rings. The van der Waals surface area contributed by atoms with Crippen LogP contribution in [0.15, 0.2) is 69.2 Å². The minimum Gasteiger partial charge on any atom is -0.378 e. The van der Waals surface area contributed by atoms with Crippen LogP contribution >= 0.6 is 11.8 Å². The van der Waals surface area contributed by atoms with E-state index in [9.17, 15) is 9.59 Å². The monoisotopic (exact) mass is 477 g/mol. The molecule has 0 radical (unpaired) electrons. The summed E-state index contributed by atoms with van der Waals surface area (Å²) in [6.07, 6.45) is 1.47. The van der Waals surface area contributed by atoms with Crippen molar-refractivity contribution < 1.29 is 14.2 Å². The molecule has 4 N–H and O–H groups in total. The first-order valence-corrected chi connectivity index (χ1v) is 10.9. The third kappa shape index (κ3) is 5.45. The van der Waals surface area contributed by atoms with Crippen LogP contribution in [0.2, 0.25) is 0 Å². The van der Waals surface area contributed by atoms with Crippen LogP contribution in [-0.2, 0) is 10.5 Å². The van der Waals surface area contributed by atoms with Gasteiger partial charge < -0.3 is 11.1 Å². The molecule has 2 heterocycles. The fraction of sp³-hybridized carbons (Fsp3) is 0.0952. The Bertz CT molecular complexity index is 1320. The molecule has 0 unspecified atom stereocenters. The molecule has 172 valence electrons. The van der Waals surface area contributed by atoms with Crippen LogP contribution in [-0.4, -0.2) is 43.3 Å². The molecule has 0 saturated heterocycles. The van der Waals surface area contributed by atoms with Gasteiger partial charge in [-0.15, -0.1) is 16.9 Å². The lowest BCUT2D eigenvalue weighted by Crippen LogP contribution is -2.20. The van der Waals surface area contributed by atoms with Gasteiger partial charge in [0, 0.05) is 23.3 Å². The number of hydrogen-bond donors (Lipinski definition) is 3. The number of hydrogen-bond acceptors (Lipinski definition) is 10. The minimum absolute atomic E-state index is 0.0172. The average molecular weight is 478 g/mol. The van der Waals surface area contributed by atoms with Crippen molar-refractivity contribution >= 4 is 41.3 Å². The number of anilines is 2. The van der Waals surface area contributed by atoms with Gasteiger partial charge in [-0.2, -0.15) is 9.78 Å². The van der Waals surface area contributed by atoms with E-state index in [0.29, 0.717) is 17.1 Å². The Kier molecular flexibility index (Phi) is 6.93. The van der Waals surface area contributed by atoms with Crippen molar-refractivity contribution in [2.75, 3.05) is 11.1 Å². The zero-order valence-electron chi connectivity index (χ0n) is 17.9. The van der Waals surface area contributed by atoms with Crippen LogP contribution in [0, 0.1) is 0 Å². The zero-order valence-corrected chi connectivity index (χ0v) is 18.7. The van der Waals surface area contributed by atoms with Gasteiger partial charge in [-0.1, -0.05) is 35.5 Å². The van der Waals surface area contributed by atoms with Crippen molar-refractivity contribution in [1.29, 1.82) is 0 Å². The molecule has 34 heavy (non-hydrogen) atoms. The Labute approximate surface area is 197 Å². The summed E-state index contributed by atoms with van der Waals surface area (Å²) in [4.78, 5) is 24.9. The Morgan fingerprint density at radius 3 is 2.59 bits per heavy atom. The molecule has 0 bridgehead atoms. The molecular weight excluding hydrogens is 458 g/mol. The average Bonchev–Trinajstić information content (AvgIpc) is 3.44. The number of nitrogens with zero attached hydrogens (tertiary/aromatic N) is 6. The maximum atomic E-state index is 12.8. The lowest BCUT2D eigenvalue weighted by atomic mass is 10.2. The van der Waals surface area contributed by atoms with Crippen LogP contribution < -0.4 is 16.5 Å². The maximum absolute atomic E-state index is 12.8. The lowest BCUT2D eigenvalue weighted by Gasteiger charge is -2.05. The van der Waals surface area contributed by atoms with Gasteiger partial charge in [0.2, 0.25) is 17.5 Å². The van der Waals surface area contributed by atoms with Gasteiger partial charge in [0.05, 0.1) is 11.9 Å². The molecule has 12 nitrogen and oxygen atoms in total. The van der Waals surface area contributed by atoms with E-state index in [2.05, 4.69) is 41.1 Å². The zero-order chi connectivity index (χ0) is 23.9. The van der Waals surface area contributed by atoms with E-state index in [1.807, 2.05) is 30.3 Å². The second-order valence-electron chi connectivity index (χ2n) is 6.87. The van der Waals surface area contributed by atoms with Crippen molar-refractivity contribution in [1.82, 2.24) is 30.7 Å². The smallest absolute Gasteiger partial charge is 0.293 e. The Morgan fingerprint density at radius 2 is 1.91 bits per heavy atom. The summed E-state index contributed by atoms with van der Waals surface area (Å²) in [5.74, 6) is -0.218. The number of nitrogens with two attached hydrogens (primary N) is 1. The number of hydrazone groups is 1. The molecule has 4 aromatic rings. The van der Waals surface area contributed by atoms with Crippen molar-refractivity contribution in [2.24, 2.45) is 5.10 Å². The van der Waals surface area contributed by atoms with Gasteiger partial charge in [0.1, 0.15) is 0 Å². The predicted molar refractivity (Wildman–Crippen MR) is 125 cm³/mol. The standard InChI is InChI=1S/C21H19N9O3S/c1-13(31)24-15-9-7-14(8-10-15)11-23-26-21(32)18-17(12-34-16-5-3-2-4-6-16)30(29-25-18)20-19(22)27-33-28-20/h2-11H,12H2,1H3,(H2,22,27)(H,24,31)(H,26,32). The molecule has 2 aromatic heterocycles. The molecule has 0 aliphatic carbocycles. The highest BCUT2D eigenvalue weighted by Crippen LogP contribution is 2.25. The summed E-state index contributed by atoms with van der Waals surface area (Å²) >= 11 is 1.48. The molecule has 13 heteroatoms. The highest BCUT2D eigenvalue weighted by molar-refractivity contribution is 7.98. The first kappa shape index (κ1) is 22.7. The molecular formula is C21H19N9O3S. The largest absolute Gasteiger partial charge is 0.378 e. The van der Waals surface area contributed by atoms with E-state index in [1.54, 1.807) is 24.3 Å². The van der Waals surface area contributed by atoms with E-state index in [0.717, 1.165) is 10.5 Å². The molecule has 0 atom stereocenters. The van der Waals surface area contributed by atoms with E-state index in [-0.39, 0.29) is 23.2 Å². The lowest BCUT2D eigenvalue weighted by molar-refractivity contribution is -0.114. The molecule has 0 spiro atoms. The van der Waals surface area contributed by atoms with Crippen LogP contribution in [0.25, 0.3) is 5.82 Å². The van der Waals surface area contributed by atoms with Gasteiger partial charge >= 0.3 is 0 Å². The summed E-state index contributed by atoms with van der Waals surface area (Å²) in [5.41, 5.74) is 10.1. The third-order valence-corrected chi connectivity index (χ3v) is 5.43. The van der Waals surface area contributed by atoms with Crippen molar-refractivity contribution in [3.05, 3.63) is 71.5 Å². The second kappa shape index (κ2) is 10.4. The van der Waals surface area contributed by atoms with Crippen molar-refractivity contribution in [2.45, 2.75) is 17.6 Å². The number of thioether (sulfide) groups is 1. The number of carbonyl (C=O) groups is 2. The van der Waals surface area contributed by atoms with Crippen LogP contribution in [0.3, 0.4) is 0 Å². The topological polar surface area (TPSA) is 166 Å². The number of benzene rings is 2. The van der Waals surface area contributed by atoms with Crippen LogP contribution in [0.1, 0.15) is 28.7 Å². The van der Waals surface area contributed by atoms with Gasteiger partial charge in [-0.3, -0.25) is 9.59 Å². The summed E-state index contributed by atoms with van der Waals surface area (Å²) in [6, 6.07) is 16.6. The first-order chi connectivity index (χ1) is 16.5. The van der Waals surface area contributed by atoms with Crippen LogP contribution in [0.5, 0.6) is 0 Å². The molecule has 4 rings (SSSR count). The van der Waals surface area contributed by atoms with E-state index < -0.39 is 5.91 Å². The maximum Gasteiger partial charge on any atom is 0.293 e. The van der Waals surface area contributed by atoms with E-state index >= 15 is 0 Å². The van der Waals surface area contributed by atoms with Crippen molar-refractivity contribution in [3.8, 4) is 5.82 Å². The summed E-state index contributed by atoms with van der Waals surface area (Å²) in [7, 11) is 0. The van der Waals surface area contributed by atoms with Gasteiger partial charge in [0.25, 0.3) is 5.91 Å². The molecule has 0 saturated carbocycles. The number of nitrogen functional groups attached to an aromatic ring is 1. The normalized spacial score (nSPS) is 11.0. The number of nitrogens with one attached hydrogen (secondary N) is 2. The van der Waals surface area contributed by atoms with Gasteiger partial charge in [-0.25, -0.2) is 10.1 Å². The van der Waals surface area contributed by atoms with Crippen molar-refractivity contribution in [3.63, 3.8) is 0 Å². The van der Waals surface area contributed by atoms with Gasteiger partial charge in [-0.05, 0) is 40.1 Å². The summed E-state index contributed by atoms with van der Waals surface area (Å²) in [6.45, 7) is 1.43. The fourth-order valence-corrected chi connectivity index (χ4v) is 3.77. The second-order valence-corrected chi connectivity index (χ2v) is 7.92. The number of rotatable bonds is 8.